The van der Waals surface area contributed by atoms with Gasteiger partial charge in [0, 0.05) is 41.9 Å². The minimum absolute atomic E-state index is 0.00789. The molecule has 4 aromatic carbocycles. The van der Waals surface area contributed by atoms with Crippen LogP contribution in [0, 0.1) is 41.8 Å². The number of anilines is 3. The second-order valence-corrected chi connectivity index (χ2v) is 15.5. The highest BCUT2D eigenvalue weighted by molar-refractivity contribution is 14.1. The van der Waals surface area contributed by atoms with E-state index in [0.29, 0.717) is 41.3 Å². The number of aryl methyl sites for hydroxylation is 1. The number of halogens is 3. The van der Waals surface area contributed by atoms with Gasteiger partial charge in [-0.05, 0) is 140 Å². The van der Waals surface area contributed by atoms with Crippen molar-refractivity contribution in [1.82, 2.24) is 10.6 Å². The van der Waals surface area contributed by atoms with Crippen LogP contribution in [0.25, 0.3) is 14.5 Å². The normalized spacial score (nSPS) is 15.1. The fourth-order valence-corrected chi connectivity index (χ4v) is 8.04. The third-order valence-corrected chi connectivity index (χ3v) is 11.6. The van der Waals surface area contributed by atoms with Crippen LogP contribution in [0.4, 0.5) is 42.9 Å². The number of nitrogens with zero attached hydrogens (tertiary/aromatic N) is 6. The zero-order valence-corrected chi connectivity index (χ0v) is 36.3. The topological polar surface area (TPSA) is 119 Å². The number of thiocarbonyl (C=S) groups is 2. The minimum Gasteiger partial charge on any atom is -0.355 e. The second kappa shape index (κ2) is 19.3. The van der Waals surface area contributed by atoms with Gasteiger partial charge in [0.2, 0.25) is 0 Å². The highest BCUT2D eigenvalue weighted by atomic mass is 127. The van der Waals surface area contributed by atoms with Crippen molar-refractivity contribution in [2.24, 2.45) is 4.99 Å². The molecule has 0 bridgehead atoms. The molecule has 3 aliphatic rings. The number of aliphatic imine (C=N–C) groups is 1. The SMILES string of the molecule is [C-]#[N+]C1(Nc2ccc(C(=O)NC)c(F)c2)CCC1.[C-]#[N+]c1ccc(N2C(=O)C3(CCC3)N(c3ccc(C(=O)NC)c(F)c3)C2=S)c(I)c1.[C-]#[N+]c1ccc(N=C=S)c(C)c1. The predicted octanol–water partition coefficient (Wildman–Crippen LogP) is 10.1. The molecule has 1 aliphatic heterocycles. The molecule has 0 atom stereocenters. The molecular weight excluding hydrogens is 920 g/mol. The summed E-state index contributed by atoms with van der Waals surface area (Å²) >= 11 is 12.3. The molecule has 4 aromatic rings. The summed E-state index contributed by atoms with van der Waals surface area (Å²) in [6, 6.07) is 18.9. The fourth-order valence-electron chi connectivity index (χ4n) is 6.74. The smallest absolute Gasteiger partial charge is 0.305 e. The summed E-state index contributed by atoms with van der Waals surface area (Å²) in [5, 5.41) is 10.4. The van der Waals surface area contributed by atoms with E-state index >= 15 is 0 Å². The molecule has 0 radical (unpaired) electrons. The monoisotopic (exact) mass is 955 g/mol. The summed E-state index contributed by atoms with van der Waals surface area (Å²) in [6.07, 6.45) is 4.64. The first-order valence-corrected chi connectivity index (χ1v) is 20.2. The number of rotatable bonds is 7. The van der Waals surface area contributed by atoms with Gasteiger partial charge in [0.25, 0.3) is 17.7 Å². The Morgan fingerprint density at radius 1 is 0.850 bits per heavy atom. The number of carbonyl (C=O) groups excluding carboxylic acids is 3. The summed E-state index contributed by atoms with van der Waals surface area (Å²) < 4.78 is 29.1. The predicted molar refractivity (Wildman–Crippen MR) is 243 cm³/mol. The average Bonchev–Trinajstić information content (AvgIpc) is 3.45. The first kappa shape index (κ1) is 44.9. The largest absolute Gasteiger partial charge is 0.355 e. The first-order valence-electron chi connectivity index (χ1n) is 18.3. The molecule has 2 saturated carbocycles. The van der Waals surface area contributed by atoms with Gasteiger partial charge < -0.3 is 20.9 Å². The highest BCUT2D eigenvalue weighted by Crippen LogP contribution is 2.48. The zero-order chi connectivity index (χ0) is 43.8. The lowest BCUT2D eigenvalue weighted by Crippen LogP contribution is -2.55. The maximum Gasteiger partial charge on any atom is 0.305 e. The van der Waals surface area contributed by atoms with E-state index in [9.17, 15) is 23.2 Å². The summed E-state index contributed by atoms with van der Waals surface area (Å²) in [4.78, 5) is 54.0. The lowest BCUT2D eigenvalue weighted by Gasteiger charge is -2.43. The molecule has 3 amide bonds. The van der Waals surface area contributed by atoms with E-state index in [1.165, 1.54) is 43.3 Å². The summed E-state index contributed by atoms with van der Waals surface area (Å²) in [5.74, 6) is -2.39. The summed E-state index contributed by atoms with van der Waals surface area (Å²) in [7, 11) is 2.89. The highest BCUT2D eigenvalue weighted by Gasteiger charge is 2.59. The Hall–Kier alpha value is -6.16. The van der Waals surface area contributed by atoms with Crippen molar-refractivity contribution in [1.29, 1.82) is 0 Å². The molecule has 1 heterocycles. The van der Waals surface area contributed by atoms with Crippen LogP contribution in [-0.2, 0) is 4.79 Å². The standard InChI is InChI=1S/C21H16FIN4O2S.C13H14FN3O.C9H6N2S/c1-24-12-4-7-17(16(23)10-12)26-19(29)21(8-3-9-21)27(20(26)30)13-5-6-14(15(22)11-13)18(28)25-2;1-15-12(18)10-5-4-9(8-11(10)14)17-13(16-2)6-3-7-13;1-7-5-8(10-2)3-4-9(7)11-6-12/h4-7,10-11H,3,8-9H2,2H3,(H,25,28);4-5,8,17H,3,6-7H2,1H3,(H,15,18);3-5H,1H3. The average molecular weight is 956 g/mol. The Kier molecular flexibility index (Phi) is 14.4. The van der Waals surface area contributed by atoms with Gasteiger partial charge >= 0.3 is 5.66 Å². The Balaban J connectivity index is 0.000000192. The van der Waals surface area contributed by atoms with Crippen molar-refractivity contribution in [3.05, 3.63) is 139 Å². The Morgan fingerprint density at radius 2 is 1.43 bits per heavy atom. The molecule has 1 saturated heterocycles. The van der Waals surface area contributed by atoms with E-state index < -0.39 is 34.7 Å². The first-order chi connectivity index (χ1) is 28.7. The van der Waals surface area contributed by atoms with Crippen LogP contribution in [0.5, 0.6) is 0 Å². The maximum atomic E-state index is 14.6. The molecule has 0 aromatic heterocycles. The van der Waals surface area contributed by atoms with Gasteiger partial charge in [-0.3, -0.25) is 24.1 Å². The second-order valence-electron chi connectivity index (χ2n) is 13.8. The fraction of sp³-hybridized carbons (Fsp3) is 0.256. The molecule has 0 unspecified atom stereocenters. The van der Waals surface area contributed by atoms with Crippen molar-refractivity contribution >= 4 is 109 Å². The van der Waals surface area contributed by atoms with Crippen molar-refractivity contribution in [3.63, 3.8) is 0 Å². The molecule has 1 spiro atoms. The van der Waals surface area contributed by atoms with Crippen LogP contribution >= 0.6 is 47.0 Å². The third-order valence-electron chi connectivity index (χ3n) is 10.3. The quantitative estimate of drug-likeness (QED) is 0.0731. The zero-order valence-electron chi connectivity index (χ0n) is 32.5. The van der Waals surface area contributed by atoms with Crippen LogP contribution in [0.15, 0.2) is 77.8 Å². The van der Waals surface area contributed by atoms with Gasteiger partial charge in [-0.25, -0.2) is 25.0 Å². The van der Waals surface area contributed by atoms with Gasteiger partial charge in [-0.1, -0.05) is 18.2 Å². The van der Waals surface area contributed by atoms with E-state index in [2.05, 4.69) is 75.4 Å². The van der Waals surface area contributed by atoms with Gasteiger partial charge in [-0.15, -0.1) is 0 Å². The van der Waals surface area contributed by atoms with Crippen LogP contribution in [0.1, 0.15) is 64.8 Å². The molecule has 304 valence electrons. The molecule has 7 rings (SSSR count). The Labute approximate surface area is 370 Å². The van der Waals surface area contributed by atoms with Crippen LogP contribution < -0.4 is 25.8 Å². The van der Waals surface area contributed by atoms with Gasteiger partial charge in [0.05, 0.1) is 40.8 Å². The van der Waals surface area contributed by atoms with E-state index in [4.69, 9.17) is 31.9 Å². The Morgan fingerprint density at radius 3 is 1.90 bits per heavy atom. The molecule has 12 nitrogen and oxygen atoms in total. The minimum atomic E-state index is -0.848. The molecule has 3 N–H and O–H groups in total. The molecule has 17 heteroatoms. The van der Waals surface area contributed by atoms with Crippen molar-refractivity contribution < 1.29 is 23.2 Å². The third kappa shape index (κ3) is 9.18. The lowest BCUT2D eigenvalue weighted by molar-refractivity contribution is -0.123. The van der Waals surface area contributed by atoms with Crippen molar-refractivity contribution in [2.45, 2.75) is 56.7 Å². The van der Waals surface area contributed by atoms with Gasteiger partial charge in [-0.2, -0.15) is 4.99 Å². The molecule has 2 aliphatic carbocycles. The number of carbonyl (C=O) groups is 3. The maximum absolute atomic E-state index is 14.6. The van der Waals surface area contributed by atoms with Crippen LogP contribution in [-0.4, -0.2) is 53.3 Å². The summed E-state index contributed by atoms with van der Waals surface area (Å²) in [6.45, 7) is 23.0. The van der Waals surface area contributed by atoms with Crippen LogP contribution in [0.3, 0.4) is 0 Å². The molecular formula is C43H36F2IN9O3S2. The number of amides is 3. The molecule has 3 fully saturated rings. The number of hydrogen-bond donors (Lipinski definition) is 3. The van der Waals surface area contributed by atoms with Gasteiger partial charge in [0.1, 0.15) is 17.2 Å². The van der Waals surface area contributed by atoms with E-state index in [-0.39, 0.29) is 22.1 Å². The number of hydrogen-bond acceptors (Lipinski definition) is 7. The van der Waals surface area contributed by atoms with Crippen molar-refractivity contribution in [2.75, 3.05) is 29.2 Å². The van der Waals surface area contributed by atoms with Crippen molar-refractivity contribution in [3.8, 4) is 0 Å². The number of nitrogens with one attached hydrogen (secondary N) is 3. The number of benzene rings is 4. The molecule has 60 heavy (non-hydrogen) atoms. The lowest BCUT2D eigenvalue weighted by atomic mass is 9.75. The van der Waals surface area contributed by atoms with E-state index in [1.807, 2.05) is 6.92 Å². The number of isothiocyanates is 1. The summed E-state index contributed by atoms with van der Waals surface area (Å²) in [5.41, 5.74) is 2.91. The Bertz CT molecular complexity index is 2570. The van der Waals surface area contributed by atoms with E-state index in [0.717, 1.165) is 40.5 Å². The van der Waals surface area contributed by atoms with Crippen LogP contribution in [0.2, 0.25) is 0 Å². The van der Waals surface area contributed by atoms with Gasteiger partial charge in [0.15, 0.2) is 16.5 Å². The van der Waals surface area contributed by atoms with E-state index in [1.54, 1.807) is 53.4 Å².